The molecule has 0 bridgehead atoms. The number of rotatable bonds is 3. The van der Waals surface area contributed by atoms with Gasteiger partial charge in [0.2, 0.25) is 0 Å². The number of nitrogens with one attached hydrogen (secondary N) is 1. The van der Waals surface area contributed by atoms with Crippen LogP contribution in [0.4, 0.5) is 21.9 Å². The monoisotopic (exact) mass is 326 g/mol. The fraction of sp³-hybridized carbons (Fsp3) is 0.125. The lowest BCUT2D eigenvalue weighted by Crippen LogP contribution is -2.29. The molecule has 0 aromatic heterocycles. The molecule has 0 atom stereocenters. The summed E-state index contributed by atoms with van der Waals surface area (Å²) in [7, 11) is 0. The van der Waals surface area contributed by atoms with Crippen molar-refractivity contribution in [1.29, 1.82) is 0 Å². The molecule has 0 radical (unpaired) electrons. The molecule has 1 heterocycles. The fourth-order valence-corrected chi connectivity index (χ4v) is 2.72. The summed E-state index contributed by atoms with van der Waals surface area (Å²) in [4.78, 5) is 35.6. The zero-order chi connectivity index (χ0) is 17.3. The van der Waals surface area contributed by atoms with Crippen LogP contribution < -0.4 is 16.0 Å². The summed E-state index contributed by atoms with van der Waals surface area (Å²) in [6, 6.07) is 10.2. The van der Waals surface area contributed by atoms with Crippen molar-refractivity contribution in [3.8, 4) is 0 Å². The van der Waals surface area contributed by atoms with E-state index in [0.717, 1.165) is 5.56 Å². The van der Waals surface area contributed by atoms with Gasteiger partial charge in [-0.05, 0) is 30.2 Å². The Labute approximate surface area is 137 Å². The van der Waals surface area contributed by atoms with Crippen molar-refractivity contribution < 1.29 is 14.5 Å². The third-order valence-corrected chi connectivity index (χ3v) is 3.80. The molecule has 0 saturated heterocycles. The molecule has 2 aromatic carbocycles. The third kappa shape index (κ3) is 2.89. The molecule has 0 unspecified atom stereocenters. The highest BCUT2D eigenvalue weighted by Gasteiger charge is 2.27. The van der Waals surface area contributed by atoms with Crippen LogP contribution in [0.25, 0.3) is 0 Å². The Morgan fingerprint density at radius 3 is 2.71 bits per heavy atom. The van der Waals surface area contributed by atoms with E-state index in [1.54, 1.807) is 24.3 Å². The highest BCUT2D eigenvalue weighted by Crippen LogP contribution is 2.32. The van der Waals surface area contributed by atoms with Gasteiger partial charge in [-0.3, -0.25) is 14.9 Å². The zero-order valence-corrected chi connectivity index (χ0v) is 12.6. The number of nitro groups is 1. The minimum Gasteiger partial charge on any atom is -0.351 e. The number of anilines is 2. The summed E-state index contributed by atoms with van der Waals surface area (Å²) in [6.07, 6.45) is 0.637. The number of nitro benzene ring substituents is 1. The van der Waals surface area contributed by atoms with Crippen LogP contribution in [0.1, 0.15) is 15.9 Å². The smallest absolute Gasteiger partial charge is 0.316 e. The number of fused-ring (bicyclic) bond motifs is 1. The Kier molecular flexibility index (Phi) is 3.87. The predicted molar refractivity (Wildman–Crippen MR) is 88.1 cm³/mol. The number of benzene rings is 2. The van der Waals surface area contributed by atoms with E-state index in [1.165, 1.54) is 23.1 Å². The number of hydrogen-bond donors (Lipinski definition) is 2. The quantitative estimate of drug-likeness (QED) is 0.664. The summed E-state index contributed by atoms with van der Waals surface area (Å²) >= 11 is 0. The lowest BCUT2D eigenvalue weighted by molar-refractivity contribution is -0.384. The van der Waals surface area contributed by atoms with Crippen molar-refractivity contribution in [2.45, 2.75) is 6.42 Å². The van der Waals surface area contributed by atoms with Gasteiger partial charge in [0.15, 0.2) is 0 Å². The van der Waals surface area contributed by atoms with Gasteiger partial charge in [-0.1, -0.05) is 12.1 Å². The van der Waals surface area contributed by atoms with Gasteiger partial charge < -0.3 is 16.0 Å². The summed E-state index contributed by atoms with van der Waals surface area (Å²) in [5, 5.41) is 13.4. The van der Waals surface area contributed by atoms with Crippen molar-refractivity contribution in [2.24, 2.45) is 5.73 Å². The maximum Gasteiger partial charge on any atom is 0.316 e. The second-order valence-corrected chi connectivity index (χ2v) is 5.35. The molecular weight excluding hydrogens is 312 g/mol. The molecular formula is C16H14N4O4. The first-order valence-corrected chi connectivity index (χ1v) is 7.21. The molecule has 0 aliphatic carbocycles. The molecule has 1 aliphatic rings. The zero-order valence-electron chi connectivity index (χ0n) is 12.6. The van der Waals surface area contributed by atoms with E-state index in [0.29, 0.717) is 29.9 Å². The minimum absolute atomic E-state index is 0.0578. The SMILES string of the molecule is NC(=O)Nc1cccc(C(=O)N2CCc3ccc([N+](=O)[O-])cc32)c1. The first-order chi connectivity index (χ1) is 11.5. The molecule has 3 N–H and O–H groups in total. The second kappa shape index (κ2) is 5.99. The highest BCUT2D eigenvalue weighted by molar-refractivity contribution is 6.08. The maximum atomic E-state index is 12.7. The molecule has 8 heteroatoms. The third-order valence-electron chi connectivity index (χ3n) is 3.80. The number of carbonyl (C=O) groups is 2. The number of primary amides is 1. The van der Waals surface area contributed by atoms with E-state index in [2.05, 4.69) is 5.32 Å². The molecule has 3 rings (SSSR count). The van der Waals surface area contributed by atoms with Crippen LogP contribution in [0.15, 0.2) is 42.5 Å². The summed E-state index contributed by atoms with van der Waals surface area (Å²) in [6.45, 7) is 0.447. The molecule has 1 aliphatic heterocycles. The molecule has 2 aromatic rings. The Morgan fingerprint density at radius 1 is 1.21 bits per heavy atom. The van der Waals surface area contributed by atoms with Gasteiger partial charge in [0.1, 0.15) is 0 Å². The van der Waals surface area contributed by atoms with Gasteiger partial charge in [-0.25, -0.2) is 4.79 Å². The number of urea groups is 1. The standard InChI is InChI=1S/C16H14N4O4/c17-16(22)18-12-3-1-2-11(8-12)15(21)19-7-6-10-4-5-13(20(23)24)9-14(10)19/h1-5,8-9H,6-7H2,(H3,17,18,22). The Morgan fingerprint density at radius 2 is 2.00 bits per heavy atom. The van der Waals surface area contributed by atoms with E-state index in [-0.39, 0.29) is 11.6 Å². The van der Waals surface area contributed by atoms with E-state index in [1.807, 2.05) is 0 Å². The predicted octanol–water partition coefficient (Wildman–Crippen LogP) is 2.29. The molecule has 0 spiro atoms. The topological polar surface area (TPSA) is 119 Å². The van der Waals surface area contributed by atoms with Crippen LogP contribution in [-0.2, 0) is 6.42 Å². The summed E-state index contributed by atoms with van der Waals surface area (Å²) in [5.74, 6) is -0.289. The van der Waals surface area contributed by atoms with Gasteiger partial charge in [-0.15, -0.1) is 0 Å². The summed E-state index contributed by atoms with van der Waals surface area (Å²) < 4.78 is 0. The maximum absolute atomic E-state index is 12.7. The van der Waals surface area contributed by atoms with Crippen LogP contribution in [-0.4, -0.2) is 23.4 Å². The Balaban J connectivity index is 1.92. The van der Waals surface area contributed by atoms with E-state index in [9.17, 15) is 19.7 Å². The van der Waals surface area contributed by atoms with E-state index >= 15 is 0 Å². The average molecular weight is 326 g/mol. The van der Waals surface area contributed by atoms with Crippen LogP contribution in [0, 0.1) is 10.1 Å². The molecule has 0 saturated carbocycles. The van der Waals surface area contributed by atoms with Crippen LogP contribution in [0.2, 0.25) is 0 Å². The number of amides is 3. The number of nitrogens with two attached hydrogens (primary N) is 1. The average Bonchev–Trinajstić information content (AvgIpc) is 2.96. The van der Waals surface area contributed by atoms with Gasteiger partial charge in [0.05, 0.1) is 10.6 Å². The number of nitrogens with zero attached hydrogens (tertiary/aromatic N) is 2. The van der Waals surface area contributed by atoms with Crippen LogP contribution in [0.5, 0.6) is 0 Å². The Hall–Kier alpha value is -3.42. The number of hydrogen-bond acceptors (Lipinski definition) is 4. The molecule has 0 fully saturated rings. The van der Waals surface area contributed by atoms with Gasteiger partial charge in [0, 0.05) is 29.9 Å². The van der Waals surface area contributed by atoms with Crippen molar-refractivity contribution in [3.05, 3.63) is 63.7 Å². The Bertz CT molecular complexity index is 850. The van der Waals surface area contributed by atoms with E-state index in [4.69, 9.17) is 5.73 Å². The van der Waals surface area contributed by atoms with Crippen molar-refractivity contribution in [1.82, 2.24) is 0 Å². The van der Waals surface area contributed by atoms with Crippen molar-refractivity contribution >= 4 is 29.0 Å². The van der Waals surface area contributed by atoms with Crippen LogP contribution in [0.3, 0.4) is 0 Å². The summed E-state index contributed by atoms with van der Waals surface area (Å²) in [5.41, 5.74) is 7.22. The number of non-ortho nitro benzene ring substituents is 1. The lowest BCUT2D eigenvalue weighted by atomic mass is 10.1. The largest absolute Gasteiger partial charge is 0.351 e. The molecule has 8 nitrogen and oxygen atoms in total. The van der Waals surface area contributed by atoms with Gasteiger partial charge in [0.25, 0.3) is 11.6 Å². The molecule has 24 heavy (non-hydrogen) atoms. The number of carbonyl (C=O) groups excluding carboxylic acids is 2. The minimum atomic E-state index is -0.721. The second-order valence-electron chi connectivity index (χ2n) is 5.35. The van der Waals surface area contributed by atoms with Gasteiger partial charge >= 0.3 is 6.03 Å². The van der Waals surface area contributed by atoms with Crippen molar-refractivity contribution in [3.63, 3.8) is 0 Å². The first-order valence-electron chi connectivity index (χ1n) is 7.21. The van der Waals surface area contributed by atoms with Crippen LogP contribution >= 0.6 is 0 Å². The van der Waals surface area contributed by atoms with Gasteiger partial charge in [-0.2, -0.15) is 0 Å². The lowest BCUT2D eigenvalue weighted by Gasteiger charge is -2.17. The molecule has 122 valence electrons. The fourth-order valence-electron chi connectivity index (χ4n) is 2.72. The normalized spacial score (nSPS) is 12.6. The molecule has 3 amide bonds. The van der Waals surface area contributed by atoms with Crippen molar-refractivity contribution in [2.75, 3.05) is 16.8 Å². The highest BCUT2D eigenvalue weighted by atomic mass is 16.6. The van der Waals surface area contributed by atoms with E-state index < -0.39 is 11.0 Å². The first kappa shape index (κ1) is 15.5.